The molecule has 1 aromatic heterocycles. The van der Waals surface area contributed by atoms with Gasteiger partial charge in [0.2, 0.25) is 0 Å². The van der Waals surface area contributed by atoms with Crippen molar-refractivity contribution < 1.29 is 9.53 Å². The number of pyridine rings is 1. The number of amides is 1. The molecule has 1 aliphatic rings. The van der Waals surface area contributed by atoms with Gasteiger partial charge in [0.05, 0.1) is 0 Å². The van der Waals surface area contributed by atoms with E-state index in [1.54, 1.807) is 0 Å². The van der Waals surface area contributed by atoms with E-state index in [0.29, 0.717) is 5.92 Å². The maximum absolute atomic E-state index is 12.1. The summed E-state index contributed by atoms with van der Waals surface area (Å²) in [6.07, 6.45) is 5.55. The predicted molar refractivity (Wildman–Crippen MR) is 74.0 cm³/mol. The van der Waals surface area contributed by atoms with Crippen LogP contribution in [0, 0.1) is 0 Å². The topological polar surface area (TPSA) is 42.4 Å². The van der Waals surface area contributed by atoms with E-state index in [2.05, 4.69) is 4.98 Å². The molecule has 1 fully saturated rings. The molecule has 1 amide bonds. The van der Waals surface area contributed by atoms with Crippen molar-refractivity contribution in [1.29, 1.82) is 0 Å². The summed E-state index contributed by atoms with van der Waals surface area (Å²) in [6, 6.07) is 4.06. The van der Waals surface area contributed by atoms with Gasteiger partial charge in [0, 0.05) is 31.4 Å². The van der Waals surface area contributed by atoms with E-state index < -0.39 is 5.60 Å². The molecule has 4 nitrogen and oxygen atoms in total. The van der Waals surface area contributed by atoms with Crippen LogP contribution < -0.4 is 0 Å². The number of nitrogens with zero attached hydrogens (tertiary/aromatic N) is 2. The second-order valence-electron chi connectivity index (χ2n) is 6.05. The van der Waals surface area contributed by atoms with Crippen LogP contribution in [0.2, 0.25) is 0 Å². The van der Waals surface area contributed by atoms with Gasteiger partial charge in [-0.2, -0.15) is 0 Å². The van der Waals surface area contributed by atoms with Crippen LogP contribution in [0.25, 0.3) is 0 Å². The largest absolute Gasteiger partial charge is 0.444 e. The molecule has 19 heavy (non-hydrogen) atoms. The Morgan fingerprint density at radius 2 is 2.05 bits per heavy atom. The summed E-state index contributed by atoms with van der Waals surface area (Å²) in [5.41, 5.74) is 0.823. The van der Waals surface area contributed by atoms with E-state index in [9.17, 15) is 4.79 Å². The molecule has 0 aliphatic carbocycles. The molecule has 0 aromatic carbocycles. The van der Waals surface area contributed by atoms with Gasteiger partial charge >= 0.3 is 6.09 Å². The van der Waals surface area contributed by atoms with E-state index in [0.717, 1.165) is 25.9 Å². The van der Waals surface area contributed by atoms with Gasteiger partial charge in [-0.25, -0.2) is 4.79 Å². The van der Waals surface area contributed by atoms with Crippen molar-refractivity contribution in [3.05, 3.63) is 30.1 Å². The first-order valence-electron chi connectivity index (χ1n) is 6.83. The third kappa shape index (κ3) is 3.94. The van der Waals surface area contributed by atoms with E-state index in [1.165, 1.54) is 5.56 Å². The van der Waals surface area contributed by atoms with Crippen molar-refractivity contribution in [3.8, 4) is 0 Å². The van der Waals surface area contributed by atoms with Crippen LogP contribution in [0.5, 0.6) is 0 Å². The summed E-state index contributed by atoms with van der Waals surface area (Å²) in [6.45, 7) is 7.22. The number of carbonyl (C=O) groups excluding carboxylic acids is 1. The minimum atomic E-state index is -0.430. The Morgan fingerprint density at radius 3 is 2.68 bits per heavy atom. The van der Waals surface area contributed by atoms with Crippen molar-refractivity contribution in [2.24, 2.45) is 0 Å². The van der Waals surface area contributed by atoms with E-state index in [1.807, 2.05) is 50.2 Å². The fourth-order valence-electron chi connectivity index (χ4n) is 2.38. The lowest BCUT2D eigenvalue weighted by molar-refractivity contribution is 0.0198. The van der Waals surface area contributed by atoms with Gasteiger partial charge in [0.15, 0.2) is 0 Å². The van der Waals surface area contributed by atoms with Crippen LogP contribution in [0.1, 0.15) is 45.1 Å². The van der Waals surface area contributed by atoms with Crippen molar-refractivity contribution in [2.45, 2.75) is 45.1 Å². The fraction of sp³-hybridized carbons (Fsp3) is 0.600. The monoisotopic (exact) mass is 262 g/mol. The number of aromatic nitrogens is 1. The molecular formula is C15H22N2O2. The molecule has 0 bridgehead atoms. The molecule has 0 spiro atoms. The second kappa shape index (κ2) is 5.59. The third-order valence-corrected chi connectivity index (χ3v) is 3.25. The molecule has 4 heteroatoms. The van der Waals surface area contributed by atoms with E-state index >= 15 is 0 Å². The van der Waals surface area contributed by atoms with Gasteiger partial charge in [-0.1, -0.05) is 0 Å². The van der Waals surface area contributed by atoms with Crippen LogP contribution in [0.4, 0.5) is 4.79 Å². The van der Waals surface area contributed by atoms with Crippen molar-refractivity contribution >= 4 is 6.09 Å². The smallest absolute Gasteiger partial charge is 0.410 e. The fourth-order valence-corrected chi connectivity index (χ4v) is 2.38. The number of rotatable bonds is 1. The lowest BCUT2D eigenvalue weighted by Gasteiger charge is -2.34. The summed E-state index contributed by atoms with van der Waals surface area (Å²) in [7, 11) is 0. The minimum Gasteiger partial charge on any atom is -0.444 e. The normalized spacial score (nSPS) is 20.2. The highest BCUT2D eigenvalue weighted by molar-refractivity contribution is 5.68. The average molecular weight is 262 g/mol. The van der Waals surface area contributed by atoms with Gasteiger partial charge in [-0.15, -0.1) is 0 Å². The van der Waals surface area contributed by atoms with Crippen LogP contribution in [-0.4, -0.2) is 34.7 Å². The lowest BCUT2D eigenvalue weighted by atomic mass is 9.91. The first-order valence-corrected chi connectivity index (χ1v) is 6.83. The van der Waals surface area contributed by atoms with Crippen LogP contribution >= 0.6 is 0 Å². The predicted octanol–water partition coefficient (Wildman–Crippen LogP) is 3.20. The molecular weight excluding hydrogens is 240 g/mol. The third-order valence-electron chi connectivity index (χ3n) is 3.25. The van der Waals surface area contributed by atoms with Crippen LogP contribution in [0.3, 0.4) is 0 Å². The Labute approximate surface area is 114 Å². The molecule has 0 saturated carbocycles. The first kappa shape index (κ1) is 13.8. The standard InChI is InChI=1S/C15H22N2O2/c1-15(2,3)19-14(18)17-10-4-5-13(11-17)12-6-8-16-9-7-12/h6-9,13H,4-5,10-11H2,1-3H3/t13-/m1/s1. The van der Waals surface area contributed by atoms with Gasteiger partial charge in [0.1, 0.15) is 5.60 Å². The van der Waals surface area contributed by atoms with Crippen molar-refractivity contribution in [2.75, 3.05) is 13.1 Å². The number of hydrogen-bond donors (Lipinski definition) is 0. The minimum absolute atomic E-state index is 0.203. The Balaban J connectivity index is 2.00. The summed E-state index contributed by atoms with van der Waals surface area (Å²) in [5, 5.41) is 0. The van der Waals surface area contributed by atoms with Gasteiger partial charge in [0.25, 0.3) is 0 Å². The SMILES string of the molecule is CC(C)(C)OC(=O)N1CCC[C@@H](c2ccncc2)C1. The van der Waals surface area contributed by atoms with Gasteiger partial charge in [-0.05, 0) is 51.3 Å². The maximum Gasteiger partial charge on any atom is 0.410 e. The summed E-state index contributed by atoms with van der Waals surface area (Å²) < 4.78 is 5.44. The molecule has 2 rings (SSSR count). The van der Waals surface area contributed by atoms with E-state index in [4.69, 9.17) is 4.74 Å². The van der Waals surface area contributed by atoms with Crippen LogP contribution in [0.15, 0.2) is 24.5 Å². The number of carbonyl (C=O) groups is 1. The zero-order valence-electron chi connectivity index (χ0n) is 11.9. The molecule has 0 unspecified atom stereocenters. The number of ether oxygens (including phenoxy) is 1. The Kier molecular flexibility index (Phi) is 4.08. The number of hydrogen-bond acceptors (Lipinski definition) is 3. The zero-order chi connectivity index (χ0) is 13.9. The highest BCUT2D eigenvalue weighted by Gasteiger charge is 2.28. The molecule has 1 saturated heterocycles. The zero-order valence-corrected chi connectivity index (χ0v) is 11.9. The van der Waals surface area contributed by atoms with Crippen LogP contribution in [-0.2, 0) is 4.74 Å². The molecule has 1 atom stereocenters. The molecule has 1 aromatic rings. The molecule has 1 aliphatic heterocycles. The van der Waals surface area contributed by atoms with Gasteiger partial charge < -0.3 is 9.64 Å². The number of piperidine rings is 1. The van der Waals surface area contributed by atoms with Gasteiger partial charge in [-0.3, -0.25) is 4.98 Å². The van der Waals surface area contributed by atoms with E-state index in [-0.39, 0.29) is 6.09 Å². The molecule has 104 valence electrons. The molecule has 0 N–H and O–H groups in total. The Hall–Kier alpha value is -1.58. The highest BCUT2D eigenvalue weighted by Crippen LogP contribution is 2.27. The Morgan fingerprint density at radius 1 is 1.37 bits per heavy atom. The maximum atomic E-state index is 12.1. The quantitative estimate of drug-likeness (QED) is 0.780. The summed E-state index contributed by atoms with van der Waals surface area (Å²) in [4.78, 5) is 17.9. The Bertz CT molecular complexity index is 426. The highest BCUT2D eigenvalue weighted by atomic mass is 16.6. The molecule has 0 radical (unpaired) electrons. The summed E-state index contributed by atoms with van der Waals surface area (Å²) in [5.74, 6) is 0.393. The first-order chi connectivity index (χ1) is 8.96. The second-order valence-corrected chi connectivity index (χ2v) is 6.05. The van der Waals surface area contributed by atoms with Crippen molar-refractivity contribution in [3.63, 3.8) is 0 Å². The average Bonchev–Trinajstić information content (AvgIpc) is 2.38. The molecule has 2 heterocycles. The van der Waals surface area contributed by atoms with Crippen molar-refractivity contribution in [1.82, 2.24) is 9.88 Å². The summed E-state index contributed by atoms with van der Waals surface area (Å²) >= 11 is 0. The number of likely N-dealkylation sites (tertiary alicyclic amines) is 1. The lowest BCUT2D eigenvalue weighted by Crippen LogP contribution is -2.42.